The lowest BCUT2D eigenvalue weighted by Crippen LogP contribution is -2.44. The van der Waals surface area contributed by atoms with Crippen molar-refractivity contribution in [3.05, 3.63) is 51.4 Å². The Balaban J connectivity index is 1.64. The lowest BCUT2D eigenvalue weighted by molar-refractivity contribution is -0.179. The number of benzene rings is 1. The number of aromatic nitrogens is 4. The predicted octanol–water partition coefficient (Wildman–Crippen LogP) is 3.52. The number of aromatic amines is 1. The molecule has 3 aromatic rings. The fourth-order valence-electron chi connectivity index (χ4n) is 3.76. The van der Waals surface area contributed by atoms with Gasteiger partial charge < -0.3 is 14.5 Å². The molecule has 0 atom stereocenters. The van der Waals surface area contributed by atoms with Gasteiger partial charge in [0.2, 0.25) is 5.78 Å². The number of rotatable bonds is 6. The van der Waals surface area contributed by atoms with Crippen LogP contribution in [0.3, 0.4) is 0 Å². The summed E-state index contributed by atoms with van der Waals surface area (Å²) in [5.41, 5.74) is -0.363. The third kappa shape index (κ3) is 3.85. The molecule has 0 radical (unpaired) electrons. The van der Waals surface area contributed by atoms with Gasteiger partial charge in [0.05, 0.1) is 18.9 Å². The Labute approximate surface area is 178 Å². The maximum Gasteiger partial charge on any atom is 0.338 e. The number of H-pyrrole nitrogens is 1. The highest BCUT2D eigenvalue weighted by molar-refractivity contribution is 6.31. The SMILES string of the molecule is CCOC(=O)C1(OCc2[nH]c3nc(-c4ccccc4)nn3c(=O)c2Cl)CCCCC1. The Morgan fingerprint density at radius 1 is 1.23 bits per heavy atom. The maximum absolute atomic E-state index is 12.7. The van der Waals surface area contributed by atoms with Gasteiger partial charge in [-0.25, -0.2) is 4.79 Å². The van der Waals surface area contributed by atoms with Crippen LogP contribution in [0.15, 0.2) is 35.1 Å². The van der Waals surface area contributed by atoms with Crippen LogP contribution < -0.4 is 5.56 Å². The van der Waals surface area contributed by atoms with Gasteiger partial charge in [-0.15, -0.1) is 5.10 Å². The summed E-state index contributed by atoms with van der Waals surface area (Å²) in [7, 11) is 0. The van der Waals surface area contributed by atoms with Gasteiger partial charge in [0.1, 0.15) is 5.02 Å². The summed E-state index contributed by atoms with van der Waals surface area (Å²) in [6.07, 6.45) is 3.98. The zero-order valence-electron chi connectivity index (χ0n) is 16.7. The first-order valence-corrected chi connectivity index (χ1v) is 10.5. The Morgan fingerprint density at radius 2 is 1.97 bits per heavy atom. The quantitative estimate of drug-likeness (QED) is 0.601. The molecule has 4 rings (SSSR count). The van der Waals surface area contributed by atoms with Crippen LogP contribution in [0.4, 0.5) is 0 Å². The molecule has 0 aliphatic heterocycles. The molecule has 0 amide bonds. The highest BCUT2D eigenvalue weighted by Crippen LogP contribution is 2.34. The largest absolute Gasteiger partial charge is 0.464 e. The number of halogens is 1. The summed E-state index contributed by atoms with van der Waals surface area (Å²) in [6.45, 7) is 2.03. The number of nitrogens with one attached hydrogen (secondary N) is 1. The van der Waals surface area contributed by atoms with Crippen molar-refractivity contribution in [3.63, 3.8) is 0 Å². The predicted molar refractivity (Wildman–Crippen MR) is 111 cm³/mol. The van der Waals surface area contributed by atoms with E-state index in [4.69, 9.17) is 21.1 Å². The second-order valence-corrected chi connectivity index (χ2v) is 7.70. The molecule has 30 heavy (non-hydrogen) atoms. The molecule has 1 aliphatic rings. The molecule has 0 unspecified atom stereocenters. The second-order valence-electron chi connectivity index (χ2n) is 7.32. The minimum atomic E-state index is -1.01. The van der Waals surface area contributed by atoms with Gasteiger partial charge in [-0.2, -0.15) is 9.50 Å². The highest BCUT2D eigenvalue weighted by Gasteiger charge is 2.42. The van der Waals surface area contributed by atoms with Crippen LogP contribution in [0.25, 0.3) is 17.2 Å². The molecule has 0 bridgehead atoms. The zero-order chi connectivity index (χ0) is 21.1. The van der Waals surface area contributed by atoms with Crippen LogP contribution >= 0.6 is 11.6 Å². The number of carbonyl (C=O) groups excluding carboxylic acids is 1. The summed E-state index contributed by atoms with van der Waals surface area (Å²) in [4.78, 5) is 32.8. The molecule has 1 aliphatic carbocycles. The summed E-state index contributed by atoms with van der Waals surface area (Å²) < 4.78 is 12.4. The van der Waals surface area contributed by atoms with E-state index in [9.17, 15) is 9.59 Å². The molecule has 0 spiro atoms. The summed E-state index contributed by atoms with van der Waals surface area (Å²) in [6, 6.07) is 9.34. The molecule has 1 aromatic carbocycles. The van der Waals surface area contributed by atoms with Gasteiger partial charge in [-0.3, -0.25) is 4.79 Å². The lowest BCUT2D eigenvalue weighted by Gasteiger charge is -2.34. The monoisotopic (exact) mass is 430 g/mol. The topological polar surface area (TPSA) is 98.6 Å². The number of esters is 1. The number of hydrogen-bond acceptors (Lipinski definition) is 6. The van der Waals surface area contributed by atoms with Gasteiger partial charge in [-0.1, -0.05) is 48.4 Å². The normalized spacial score (nSPS) is 15.9. The molecule has 158 valence electrons. The van der Waals surface area contributed by atoms with Crippen LogP contribution in [0.2, 0.25) is 5.02 Å². The number of nitrogens with zero attached hydrogens (tertiary/aromatic N) is 3. The van der Waals surface area contributed by atoms with Gasteiger partial charge in [0.25, 0.3) is 5.56 Å². The molecule has 0 saturated heterocycles. The van der Waals surface area contributed by atoms with Crippen LogP contribution in [0.5, 0.6) is 0 Å². The van der Waals surface area contributed by atoms with Crippen LogP contribution in [0, 0.1) is 0 Å². The van der Waals surface area contributed by atoms with Gasteiger partial charge in [0.15, 0.2) is 11.4 Å². The van der Waals surface area contributed by atoms with E-state index >= 15 is 0 Å². The van der Waals surface area contributed by atoms with Crippen molar-refractivity contribution in [2.24, 2.45) is 0 Å². The van der Waals surface area contributed by atoms with E-state index in [1.807, 2.05) is 30.3 Å². The van der Waals surface area contributed by atoms with E-state index in [1.54, 1.807) is 6.92 Å². The van der Waals surface area contributed by atoms with Crippen molar-refractivity contribution in [1.29, 1.82) is 0 Å². The lowest BCUT2D eigenvalue weighted by atomic mass is 9.84. The van der Waals surface area contributed by atoms with Crippen molar-refractivity contribution in [2.75, 3.05) is 6.61 Å². The third-order valence-electron chi connectivity index (χ3n) is 5.35. The molecule has 9 heteroatoms. The Hall–Kier alpha value is -2.71. The van der Waals surface area contributed by atoms with Crippen LogP contribution in [-0.2, 0) is 20.9 Å². The number of ether oxygens (including phenoxy) is 2. The number of fused-ring (bicyclic) bond motifs is 1. The summed E-state index contributed by atoms with van der Waals surface area (Å²) in [5, 5.41) is 4.22. The fraction of sp³-hybridized carbons (Fsp3) is 0.429. The second kappa shape index (κ2) is 8.57. The molecule has 1 saturated carbocycles. The standard InChI is InChI=1S/C21H23ClN4O4/c1-2-29-19(28)21(11-7-4-8-12-21)30-13-15-16(22)18(27)26-20(23-15)24-17(25-26)14-9-5-3-6-10-14/h3,5-6,9-10H,2,4,7-8,11-13H2,1H3,(H,23,24,25). The highest BCUT2D eigenvalue weighted by atomic mass is 35.5. The molecule has 2 aromatic heterocycles. The van der Waals surface area contributed by atoms with Crippen molar-refractivity contribution in [3.8, 4) is 11.4 Å². The average Bonchev–Trinajstić information content (AvgIpc) is 3.21. The van der Waals surface area contributed by atoms with Gasteiger partial charge in [0, 0.05) is 5.56 Å². The van der Waals surface area contributed by atoms with Gasteiger partial charge >= 0.3 is 5.97 Å². The Morgan fingerprint density at radius 3 is 2.67 bits per heavy atom. The molecular formula is C21H23ClN4O4. The first kappa shape index (κ1) is 20.6. The molecule has 8 nitrogen and oxygen atoms in total. The zero-order valence-corrected chi connectivity index (χ0v) is 17.4. The minimum absolute atomic E-state index is 0.0308. The van der Waals surface area contributed by atoms with E-state index in [0.29, 0.717) is 24.4 Å². The molecule has 2 heterocycles. The Kier molecular flexibility index (Phi) is 5.87. The summed E-state index contributed by atoms with van der Waals surface area (Å²) >= 11 is 6.30. The fourth-order valence-corrected chi connectivity index (χ4v) is 3.94. The molecule has 1 N–H and O–H groups in total. The molecule has 1 fully saturated rings. The Bertz CT molecular complexity index is 1100. The van der Waals surface area contributed by atoms with Crippen molar-refractivity contribution in [1.82, 2.24) is 19.6 Å². The van der Waals surface area contributed by atoms with Gasteiger partial charge in [-0.05, 0) is 32.6 Å². The smallest absolute Gasteiger partial charge is 0.338 e. The van der Waals surface area contributed by atoms with E-state index in [2.05, 4.69) is 15.1 Å². The first-order chi connectivity index (χ1) is 14.5. The van der Waals surface area contributed by atoms with Crippen molar-refractivity contribution >= 4 is 23.3 Å². The number of carbonyl (C=O) groups is 1. The van der Waals surface area contributed by atoms with Crippen LogP contribution in [-0.4, -0.2) is 37.8 Å². The average molecular weight is 431 g/mol. The van der Waals surface area contributed by atoms with Crippen LogP contribution in [0.1, 0.15) is 44.7 Å². The first-order valence-electron chi connectivity index (χ1n) is 10.1. The van der Waals surface area contributed by atoms with E-state index < -0.39 is 11.2 Å². The minimum Gasteiger partial charge on any atom is -0.464 e. The van der Waals surface area contributed by atoms with E-state index in [0.717, 1.165) is 29.3 Å². The maximum atomic E-state index is 12.7. The van der Waals surface area contributed by atoms with Crippen molar-refractivity contribution in [2.45, 2.75) is 51.2 Å². The van der Waals surface area contributed by atoms with Crippen molar-refractivity contribution < 1.29 is 14.3 Å². The third-order valence-corrected chi connectivity index (χ3v) is 5.74. The summed E-state index contributed by atoms with van der Waals surface area (Å²) in [5.74, 6) is 0.308. The van der Waals surface area contributed by atoms with E-state index in [1.165, 1.54) is 0 Å². The molecular weight excluding hydrogens is 408 g/mol. The number of hydrogen-bond donors (Lipinski definition) is 1. The van der Waals surface area contributed by atoms with E-state index in [-0.39, 0.29) is 30.0 Å².